The number of anilines is 1. The molecule has 0 saturated carbocycles. The standard InChI is InChI=1S/C19H18FN5O3S/c1-11-14-8-15(18(26)27-10-16-21-19(23-28-16)24(2)3)29-17(14)25(22-11)9-12-4-6-13(20)7-5-12/h4-8H,9-10H2,1-3H3. The first-order valence-corrected chi connectivity index (χ1v) is 9.61. The predicted molar refractivity (Wildman–Crippen MR) is 106 cm³/mol. The summed E-state index contributed by atoms with van der Waals surface area (Å²) < 4.78 is 25.3. The molecule has 0 aliphatic rings. The third-order valence-electron chi connectivity index (χ3n) is 4.24. The Kier molecular flexibility index (Phi) is 5.01. The third kappa shape index (κ3) is 3.97. The first-order valence-electron chi connectivity index (χ1n) is 8.79. The van der Waals surface area contributed by atoms with E-state index in [0.717, 1.165) is 21.5 Å². The van der Waals surface area contributed by atoms with Gasteiger partial charge in [0.1, 0.15) is 15.5 Å². The average Bonchev–Trinajstić information content (AvgIpc) is 3.40. The fraction of sp³-hybridized carbons (Fsp3) is 0.263. The molecule has 0 aliphatic carbocycles. The first kappa shape index (κ1) is 19.1. The van der Waals surface area contributed by atoms with Crippen molar-refractivity contribution < 1.29 is 18.4 Å². The molecule has 0 unspecified atom stereocenters. The van der Waals surface area contributed by atoms with E-state index in [1.165, 1.54) is 23.5 Å². The summed E-state index contributed by atoms with van der Waals surface area (Å²) in [7, 11) is 3.57. The van der Waals surface area contributed by atoms with Gasteiger partial charge in [-0.15, -0.1) is 11.3 Å². The third-order valence-corrected chi connectivity index (χ3v) is 5.37. The number of benzene rings is 1. The number of fused-ring (bicyclic) bond motifs is 1. The SMILES string of the molecule is Cc1nn(Cc2ccc(F)cc2)c2sc(C(=O)OCc3nc(N(C)C)no3)cc12. The van der Waals surface area contributed by atoms with Gasteiger partial charge in [-0.25, -0.2) is 9.18 Å². The number of carbonyl (C=O) groups excluding carboxylic acids is 1. The van der Waals surface area contributed by atoms with Crippen molar-refractivity contribution in [2.45, 2.75) is 20.1 Å². The van der Waals surface area contributed by atoms with E-state index in [-0.39, 0.29) is 18.3 Å². The molecule has 0 radical (unpaired) electrons. The van der Waals surface area contributed by atoms with Gasteiger partial charge in [-0.2, -0.15) is 10.1 Å². The van der Waals surface area contributed by atoms with Crippen LogP contribution in [0.3, 0.4) is 0 Å². The maximum absolute atomic E-state index is 13.1. The number of aryl methyl sites for hydroxylation is 1. The molecule has 4 aromatic rings. The van der Waals surface area contributed by atoms with Gasteiger partial charge >= 0.3 is 5.97 Å². The molecule has 4 rings (SSSR count). The summed E-state index contributed by atoms with van der Waals surface area (Å²) in [5.41, 5.74) is 1.73. The lowest BCUT2D eigenvalue weighted by Crippen LogP contribution is -2.10. The molecule has 3 heterocycles. The maximum atomic E-state index is 13.1. The normalized spacial score (nSPS) is 11.2. The van der Waals surface area contributed by atoms with Crippen LogP contribution in [0.1, 0.15) is 26.8 Å². The zero-order valence-corrected chi connectivity index (χ0v) is 16.9. The highest BCUT2D eigenvalue weighted by Gasteiger charge is 2.19. The van der Waals surface area contributed by atoms with E-state index >= 15 is 0 Å². The Bertz CT molecular complexity index is 1160. The fourth-order valence-electron chi connectivity index (χ4n) is 2.77. The Balaban J connectivity index is 1.50. The van der Waals surface area contributed by atoms with Crippen LogP contribution < -0.4 is 4.90 Å². The van der Waals surface area contributed by atoms with Crippen molar-refractivity contribution in [2.24, 2.45) is 0 Å². The minimum Gasteiger partial charge on any atom is -0.451 e. The molecule has 1 aromatic carbocycles. The Hall–Kier alpha value is -3.27. The summed E-state index contributed by atoms with van der Waals surface area (Å²) in [6, 6.07) is 8.03. The highest BCUT2D eigenvalue weighted by Crippen LogP contribution is 2.29. The molecule has 8 nitrogen and oxygen atoms in total. The van der Waals surface area contributed by atoms with Crippen LogP contribution >= 0.6 is 11.3 Å². The molecular weight excluding hydrogens is 397 g/mol. The molecule has 10 heteroatoms. The summed E-state index contributed by atoms with van der Waals surface area (Å²) in [6.45, 7) is 2.26. The van der Waals surface area contributed by atoms with E-state index in [1.807, 2.05) is 6.92 Å². The van der Waals surface area contributed by atoms with Gasteiger partial charge in [0.25, 0.3) is 11.8 Å². The number of hydrogen-bond donors (Lipinski definition) is 0. The van der Waals surface area contributed by atoms with Crippen molar-refractivity contribution in [3.63, 3.8) is 0 Å². The molecule has 0 fully saturated rings. The number of hydrogen-bond acceptors (Lipinski definition) is 8. The molecule has 0 atom stereocenters. The van der Waals surface area contributed by atoms with Crippen molar-refractivity contribution in [3.8, 4) is 0 Å². The number of aromatic nitrogens is 4. The minimum absolute atomic E-state index is 0.103. The predicted octanol–water partition coefficient (Wildman–Crippen LogP) is 3.40. The molecule has 29 heavy (non-hydrogen) atoms. The minimum atomic E-state index is -0.469. The average molecular weight is 415 g/mol. The van der Waals surface area contributed by atoms with Crippen LogP contribution in [0.2, 0.25) is 0 Å². The van der Waals surface area contributed by atoms with Crippen LogP contribution in [0.25, 0.3) is 10.2 Å². The lowest BCUT2D eigenvalue weighted by molar-refractivity contribution is 0.0435. The summed E-state index contributed by atoms with van der Waals surface area (Å²) in [4.78, 5) is 19.6. The highest BCUT2D eigenvalue weighted by molar-refractivity contribution is 7.20. The number of thiophene rings is 1. The molecule has 0 spiro atoms. The molecule has 0 aliphatic heterocycles. The number of carbonyl (C=O) groups is 1. The van der Waals surface area contributed by atoms with E-state index in [9.17, 15) is 9.18 Å². The molecule has 0 bridgehead atoms. The second-order valence-electron chi connectivity index (χ2n) is 6.66. The van der Waals surface area contributed by atoms with Gasteiger partial charge in [0.2, 0.25) is 0 Å². The lowest BCUT2D eigenvalue weighted by atomic mass is 10.2. The van der Waals surface area contributed by atoms with Gasteiger partial charge in [0.15, 0.2) is 6.61 Å². The van der Waals surface area contributed by atoms with Crippen LogP contribution in [0.4, 0.5) is 10.3 Å². The van der Waals surface area contributed by atoms with E-state index in [4.69, 9.17) is 9.26 Å². The van der Waals surface area contributed by atoms with Crippen LogP contribution in [-0.2, 0) is 17.9 Å². The summed E-state index contributed by atoms with van der Waals surface area (Å²) in [5.74, 6) is -0.115. The van der Waals surface area contributed by atoms with Gasteiger partial charge in [0.05, 0.1) is 12.2 Å². The quantitative estimate of drug-likeness (QED) is 0.446. The van der Waals surface area contributed by atoms with Gasteiger partial charge in [-0.05, 0) is 35.8 Å². The largest absolute Gasteiger partial charge is 0.451 e. The Labute approximate surface area is 169 Å². The van der Waals surface area contributed by atoms with Gasteiger partial charge in [-0.1, -0.05) is 12.1 Å². The number of rotatable bonds is 6. The van der Waals surface area contributed by atoms with Crippen molar-refractivity contribution in [3.05, 3.63) is 58.2 Å². The van der Waals surface area contributed by atoms with Gasteiger partial charge in [-0.3, -0.25) is 4.68 Å². The zero-order chi connectivity index (χ0) is 20.5. The van der Waals surface area contributed by atoms with Gasteiger partial charge < -0.3 is 14.2 Å². The lowest BCUT2D eigenvalue weighted by Gasteiger charge is -2.03. The molecule has 0 N–H and O–H groups in total. The topological polar surface area (TPSA) is 86.3 Å². The number of ether oxygens (including phenoxy) is 1. The van der Waals surface area contributed by atoms with Crippen molar-refractivity contribution >= 4 is 33.5 Å². The molecular formula is C19H18FN5O3S. The molecule has 0 amide bonds. The summed E-state index contributed by atoms with van der Waals surface area (Å²) >= 11 is 1.30. The van der Waals surface area contributed by atoms with Crippen LogP contribution in [0.15, 0.2) is 34.9 Å². The van der Waals surface area contributed by atoms with Crippen molar-refractivity contribution in [2.75, 3.05) is 19.0 Å². The van der Waals surface area contributed by atoms with E-state index in [1.54, 1.807) is 41.9 Å². The van der Waals surface area contributed by atoms with Crippen molar-refractivity contribution in [1.82, 2.24) is 19.9 Å². The van der Waals surface area contributed by atoms with E-state index in [2.05, 4.69) is 15.2 Å². The molecule has 0 saturated heterocycles. The van der Waals surface area contributed by atoms with E-state index < -0.39 is 5.97 Å². The highest BCUT2D eigenvalue weighted by atomic mass is 32.1. The maximum Gasteiger partial charge on any atom is 0.348 e. The van der Waals surface area contributed by atoms with Crippen LogP contribution in [0.5, 0.6) is 0 Å². The summed E-state index contributed by atoms with van der Waals surface area (Å²) in [6.07, 6.45) is 0. The second kappa shape index (κ2) is 7.63. The molecule has 3 aromatic heterocycles. The number of halogens is 1. The second-order valence-corrected chi connectivity index (χ2v) is 7.69. The zero-order valence-electron chi connectivity index (χ0n) is 16.0. The Morgan fingerprint density at radius 3 is 2.76 bits per heavy atom. The Morgan fingerprint density at radius 1 is 1.31 bits per heavy atom. The monoisotopic (exact) mass is 415 g/mol. The Morgan fingerprint density at radius 2 is 2.07 bits per heavy atom. The molecule has 150 valence electrons. The number of esters is 1. The van der Waals surface area contributed by atoms with E-state index in [0.29, 0.717) is 17.4 Å². The van der Waals surface area contributed by atoms with Gasteiger partial charge in [0, 0.05) is 19.5 Å². The first-order chi connectivity index (χ1) is 13.9. The fourth-order valence-corrected chi connectivity index (χ4v) is 3.82. The van der Waals surface area contributed by atoms with Crippen LogP contribution in [-0.4, -0.2) is 40.0 Å². The summed E-state index contributed by atoms with van der Waals surface area (Å²) in [5, 5.41) is 9.19. The smallest absolute Gasteiger partial charge is 0.348 e. The number of nitrogens with zero attached hydrogens (tertiary/aromatic N) is 5. The van der Waals surface area contributed by atoms with Crippen molar-refractivity contribution in [1.29, 1.82) is 0 Å². The van der Waals surface area contributed by atoms with Crippen LogP contribution in [0, 0.1) is 12.7 Å².